The summed E-state index contributed by atoms with van der Waals surface area (Å²) in [6.45, 7) is 0.369. The maximum absolute atomic E-state index is 11.9. The molecule has 21 heavy (non-hydrogen) atoms. The number of carbonyl (C=O) groups is 3. The summed E-state index contributed by atoms with van der Waals surface area (Å²) in [5.74, 6) is -1.16. The zero-order valence-electron chi connectivity index (χ0n) is 11.0. The van der Waals surface area contributed by atoms with Gasteiger partial charge < -0.3 is 21.1 Å². The van der Waals surface area contributed by atoms with Crippen LogP contribution in [0, 0.1) is 0 Å². The highest BCUT2D eigenvalue weighted by Gasteiger charge is 2.21. The van der Waals surface area contributed by atoms with Gasteiger partial charge in [-0.05, 0) is 34.5 Å². The monoisotopic (exact) mass is 355 g/mol. The molecular formula is C13H14BrN3O4. The minimum atomic E-state index is -1.13. The van der Waals surface area contributed by atoms with Gasteiger partial charge in [-0.2, -0.15) is 0 Å². The van der Waals surface area contributed by atoms with E-state index in [1.807, 2.05) is 0 Å². The second-order valence-corrected chi connectivity index (χ2v) is 5.46. The number of amides is 3. The SMILES string of the molecule is O=C1CCC(NC(=O)Nc2c(Br)cccc2C(=O)O)CN1. The number of anilines is 1. The molecular weight excluding hydrogens is 342 g/mol. The maximum atomic E-state index is 11.9. The Morgan fingerprint density at radius 3 is 2.76 bits per heavy atom. The molecule has 1 aliphatic heterocycles. The zero-order valence-corrected chi connectivity index (χ0v) is 12.6. The van der Waals surface area contributed by atoms with E-state index >= 15 is 0 Å². The van der Waals surface area contributed by atoms with Crippen LogP contribution in [0.3, 0.4) is 0 Å². The minimum Gasteiger partial charge on any atom is -0.478 e. The van der Waals surface area contributed by atoms with E-state index in [1.54, 1.807) is 12.1 Å². The number of rotatable bonds is 3. The van der Waals surface area contributed by atoms with E-state index in [0.717, 1.165) is 0 Å². The molecule has 1 atom stereocenters. The molecule has 0 spiro atoms. The molecule has 3 amide bonds. The Balaban J connectivity index is 2.03. The summed E-state index contributed by atoms with van der Waals surface area (Å²) in [6.07, 6.45) is 0.918. The molecule has 0 aromatic heterocycles. The molecule has 112 valence electrons. The van der Waals surface area contributed by atoms with Crippen molar-refractivity contribution in [2.45, 2.75) is 18.9 Å². The highest BCUT2D eigenvalue weighted by Crippen LogP contribution is 2.26. The van der Waals surface area contributed by atoms with Crippen LogP contribution >= 0.6 is 15.9 Å². The van der Waals surface area contributed by atoms with Gasteiger partial charge in [0, 0.05) is 23.5 Å². The van der Waals surface area contributed by atoms with Crippen molar-refractivity contribution in [1.82, 2.24) is 10.6 Å². The van der Waals surface area contributed by atoms with Gasteiger partial charge in [-0.1, -0.05) is 6.07 Å². The molecule has 0 bridgehead atoms. The molecule has 4 N–H and O–H groups in total. The van der Waals surface area contributed by atoms with Crippen molar-refractivity contribution in [2.75, 3.05) is 11.9 Å². The smallest absolute Gasteiger partial charge is 0.337 e. The number of carboxylic acid groups (broad SMARTS) is 1. The van der Waals surface area contributed by atoms with E-state index < -0.39 is 12.0 Å². The fourth-order valence-electron chi connectivity index (χ4n) is 2.02. The molecule has 1 aromatic carbocycles. The number of hydrogen-bond donors (Lipinski definition) is 4. The van der Waals surface area contributed by atoms with Crippen LogP contribution in [0.5, 0.6) is 0 Å². The molecule has 0 saturated carbocycles. The fourth-order valence-corrected chi connectivity index (χ4v) is 2.49. The Bertz CT molecular complexity index is 581. The number of halogens is 1. The van der Waals surface area contributed by atoms with Gasteiger partial charge in [0.05, 0.1) is 11.3 Å². The van der Waals surface area contributed by atoms with Crippen LogP contribution in [-0.4, -0.2) is 35.6 Å². The van der Waals surface area contributed by atoms with Crippen molar-refractivity contribution in [2.24, 2.45) is 0 Å². The second kappa shape index (κ2) is 6.57. The highest BCUT2D eigenvalue weighted by molar-refractivity contribution is 9.10. The summed E-state index contributed by atoms with van der Waals surface area (Å²) in [6, 6.07) is 3.95. The Hall–Kier alpha value is -2.09. The maximum Gasteiger partial charge on any atom is 0.337 e. The van der Waals surface area contributed by atoms with Crippen molar-refractivity contribution in [3.8, 4) is 0 Å². The topological polar surface area (TPSA) is 108 Å². The summed E-state index contributed by atoms with van der Waals surface area (Å²) in [7, 11) is 0. The average molecular weight is 356 g/mol. The predicted molar refractivity (Wildman–Crippen MR) is 79.3 cm³/mol. The van der Waals surface area contributed by atoms with E-state index in [-0.39, 0.29) is 23.2 Å². The highest BCUT2D eigenvalue weighted by atomic mass is 79.9. The molecule has 1 aromatic rings. The predicted octanol–water partition coefficient (Wildman–Crippen LogP) is 1.55. The first-order valence-corrected chi connectivity index (χ1v) is 7.12. The van der Waals surface area contributed by atoms with E-state index in [9.17, 15) is 14.4 Å². The molecule has 7 nitrogen and oxygen atoms in total. The third-order valence-corrected chi connectivity index (χ3v) is 3.74. The number of piperidine rings is 1. The number of carbonyl (C=O) groups excluding carboxylic acids is 2. The quantitative estimate of drug-likeness (QED) is 0.659. The number of benzene rings is 1. The van der Waals surface area contributed by atoms with Crippen LogP contribution in [0.1, 0.15) is 23.2 Å². The van der Waals surface area contributed by atoms with Gasteiger partial charge in [0.25, 0.3) is 0 Å². The lowest BCUT2D eigenvalue weighted by Crippen LogP contribution is -2.49. The number of nitrogens with one attached hydrogen (secondary N) is 3. The normalized spacial score (nSPS) is 17.8. The number of urea groups is 1. The van der Waals surface area contributed by atoms with Crippen LogP contribution < -0.4 is 16.0 Å². The summed E-state index contributed by atoms with van der Waals surface area (Å²) < 4.78 is 0.481. The first-order chi connectivity index (χ1) is 9.97. The van der Waals surface area contributed by atoms with Crippen LogP contribution in [0.15, 0.2) is 22.7 Å². The van der Waals surface area contributed by atoms with Gasteiger partial charge >= 0.3 is 12.0 Å². The summed E-state index contributed by atoms with van der Waals surface area (Å²) in [5, 5.41) is 17.0. The minimum absolute atomic E-state index is 0.00327. The molecule has 0 radical (unpaired) electrons. The molecule has 1 saturated heterocycles. The van der Waals surface area contributed by atoms with Crippen molar-refractivity contribution in [3.63, 3.8) is 0 Å². The van der Waals surface area contributed by atoms with Crippen molar-refractivity contribution < 1.29 is 19.5 Å². The van der Waals surface area contributed by atoms with Gasteiger partial charge in [0.1, 0.15) is 0 Å². The van der Waals surface area contributed by atoms with Crippen molar-refractivity contribution >= 4 is 39.5 Å². The molecule has 0 aliphatic carbocycles. The van der Waals surface area contributed by atoms with Crippen LogP contribution in [0.25, 0.3) is 0 Å². The summed E-state index contributed by atoms with van der Waals surface area (Å²) in [4.78, 5) is 34.1. The van der Waals surface area contributed by atoms with Crippen LogP contribution in [0.4, 0.5) is 10.5 Å². The lowest BCUT2D eigenvalue weighted by atomic mass is 10.1. The second-order valence-electron chi connectivity index (χ2n) is 4.61. The van der Waals surface area contributed by atoms with E-state index in [0.29, 0.717) is 23.9 Å². The number of hydrogen-bond acceptors (Lipinski definition) is 3. The van der Waals surface area contributed by atoms with Gasteiger partial charge in [-0.15, -0.1) is 0 Å². The van der Waals surface area contributed by atoms with Crippen LogP contribution in [-0.2, 0) is 4.79 Å². The third kappa shape index (κ3) is 3.94. The van der Waals surface area contributed by atoms with Crippen LogP contribution in [0.2, 0.25) is 0 Å². The largest absolute Gasteiger partial charge is 0.478 e. The molecule has 2 rings (SSSR count). The lowest BCUT2D eigenvalue weighted by molar-refractivity contribution is -0.122. The third-order valence-electron chi connectivity index (χ3n) is 3.08. The molecule has 8 heteroatoms. The first-order valence-electron chi connectivity index (χ1n) is 6.33. The van der Waals surface area contributed by atoms with Gasteiger partial charge in [-0.3, -0.25) is 4.79 Å². The molecule has 1 heterocycles. The van der Waals surface area contributed by atoms with E-state index in [1.165, 1.54) is 6.07 Å². The number of carboxylic acids is 1. The first kappa shape index (κ1) is 15.3. The molecule has 1 unspecified atom stereocenters. The summed E-state index contributed by atoms with van der Waals surface area (Å²) >= 11 is 3.21. The number of aromatic carboxylic acids is 1. The number of para-hydroxylation sites is 1. The van der Waals surface area contributed by atoms with E-state index in [4.69, 9.17) is 5.11 Å². The Labute approximate surface area is 129 Å². The standard InChI is InChI=1S/C13H14BrN3O4/c14-9-3-1-2-8(12(19)20)11(9)17-13(21)16-7-4-5-10(18)15-6-7/h1-3,7H,4-6H2,(H,15,18)(H,19,20)(H2,16,17,21). The average Bonchev–Trinajstić information content (AvgIpc) is 2.43. The molecule has 1 fully saturated rings. The Morgan fingerprint density at radius 2 is 2.14 bits per heavy atom. The molecule has 1 aliphatic rings. The van der Waals surface area contributed by atoms with Gasteiger partial charge in [0.2, 0.25) is 5.91 Å². The fraction of sp³-hybridized carbons (Fsp3) is 0.308. The van der Waals surface area contributed by atoms with Crippen molar-refractivity contribution in [1.29, 1.82) is 0 Å². The Morgan fingerprint density at radius 1 is 1.38 bits per heavy atom. The lowest BCUT2D eigenvalue weighted by Gasteiger charge is -2.23. The van der Waals surface area contributed by atoms with Crippen molar-refractivity contribution in [3.05, 3.63) is 28.2 Å². The van der Waals surface area contributed by atoms with E-state index in [2.05, 4.69) is 31.9 Å². The Kier molecular flexibility index (Phi) is 4.79. The zero-order chi connectivity index (χ0) is 15.4. The van der Waals surface area contributed by atoms with Gasteiger partial charge in [-0.25, -0.2) is 9.59 Å². The van der Waals surface area contributed by atoms with Gasteiger partial charge in [0.15, 0.2) is 0 Å². The summed E-state index contributed by atoms with van der Waals surface area (Å²) in [5.41, 5.74) is 0.193.